The summed E-state index contributed by atoms with van der Waals surface area (Å²) in [7, 11) is 0. The van der Waals surface area contributed by atoms with Crippen LogP contribution in [0, 0.1) is 6.92 Å². The molecule has 0 amide bonds. The van der Waals surface area contributed by atoms with Crippen molar-refractivity contribution < 1.29 is 4.79 Å². The second-order valence-electron chi connectivity index (χ2n) is 7.97. The number of ketones is 1. The van der Waals surface area contributed by atoms with E-state index in [9.17, 15) is 4.79 Å². The molecule has 0 N–H and O–H groups in total. The number of hydrogen-bond donors (Lipinski definition) is 0. The summed E-state index contributed by atoms with van der Waals surface area (Å²) >= 11 is 0. The highest BCUT2D eigenvalue weighted by molar-refractivity contribution is 6.09. The second kappa shape index (κ2) is 8.45. The summed E-state index contributed by atoms with van der Waals surface area (Å²) < 4.78 is 0. The quantitative estimate of drug-likeness (QED) is 0.439. The first-order chi connectivity index (χ1) is 14.1. The van der Waals surface area contributed by atoms with Crippen LogP contribution in [0.15, 0.2) is 90.5 Å². The van der Waals surface area contributed by atoms with E-state index in [2.05, 4.69) is 55.5 Å². The number of allylic oxidation sites excluding steroid dienone is 4. The number of carbonyl (C=O) groups excluding carboxylic acids is 1. The highest BCUT2D eigenvalue weighted by Crippen LogP contribution is 2.27. The first kappa shape index (κ1) is 19.1. The van der Waals surface area contributed by atoms with Gasteiger partial charge in [-0.3, -0.25) is 4.79 Å². The van der Waals surface area contributed by atoms with E-state index in [4.69, 9.17) is 0 Å². The fraction of sp³-hybridized carbons (Fsp3) is 0.179. The monoisotopic (exact) mass is 378 g/mol. The normalized spacial score (nSPS) is 13.6. The topological polar surface area (TPSA) is 17.1 Å². The van der Waals surface area contributed by atoms with Gasteiger partial charge in [0.25, 0.3) is 0 Å². The largest absolute Gasteiger partial charge is 0.289 e. The van der Waals surface area contributed by atoms with E-state index >= 15 is 0 Å². The van der Waals surface area contributed by atoms with Crippen molar-refractivity contribution in [1.29, 1.82) is 0 Å². The van der Waals surface area contributed by atoms with E-state index < -0.39 is 0 Å². The minimum atomic E-state index is 0.0750. The number of carbonyl (C=O) groups is 1. The molecule has 29 heavy (non-hydrogen) atoms. The Balaban J connectivity index is 1.43. The minimum absolute atomic E-state index is 0.0750. The van der Waals surface area contributed by atoms with Gasteiger partial charge in [0, 0.05) is 11.1 Å². The predicted octanol–water partition coefficient (Wildman–Crippen LogP) is 6.94. The Morgan fingerprint density at radius 3 is 1.79 bits per heavy atom. The zero-order valence-electron chi connectivity index (χ0n) is 17.1. The van der Waals surface area contributed by atoms with Crippen molar-refractivity contribution in [2.75, 3.05) is 0 Å². The molecule has 3 aromatic rings. The fourth-order valence-electron chi connectivity index (χ4n) is 3.70. The molecule has 0 unspecified atom stereocenters. The van der Waals surface area contributed by atoms with Gasteiger partial charge in [0.2, 0.25) is 0 Å². The molecular formula is C28H26O. The molecule has 0 spiro atoms. The molecular weight excluding hydrogens is 352 g/mol. The molecule has 0 atom stereocenters. The van der Waals surface area contributed by atoms with E-state index in [0.717, 1.165) is 36.0 Å². The minimum Gasteiger partial charge on any atom is -0.289 e. The van der Waals surface area contributed by atoms with Gasteiger partial charge in [0.1, 0.15) is 0 Å². The Labute approximate surface area is 173 Å². The Hall–Kier alpha value is -3.19. The zero-order valence-corrected chi connectivity index (χ0v) is 17.1. The molecule has 0 fully saturated rings. The molecule has 0 heterocycles. The lowest BCUT2D eigenvalue weighted by atomic mass is 9.93. The fourth-order valence-corrected chi connectivity index (χ4v) is 3.70. The molecule has 1 heteroatoms. The first-order valence-electron chi connectivity index (χ1n) is 10.2. The average Bonchev–Trinajstić information content (AvgIpc) is 2.76. The van der Waals surface area contributed by atoms with Crippen molar-refractivity contribution in [2.45, 2.75) is 33.1 Å². The Morgan fingerprint density at radius 1 is 0.690 bits per heavy atom. The van der Waals surface area contributed by atoms with Gasteiger partial charge < -0.3 is 0 Å². The zero-order chi connectivity index (χ0) is 20.2. The molecule has 1 nitrogen and oxygen atoms in total. The molecule has 0 aromatic heterocycles. The molecule has 0 saturated heterocycles. The lowest BCUT2D eigenvalue weighted by Gasteiger charge is -2.13. The third kappa shape index (κ3) is 4.63. The van der Waals surface area contributed by atoms with Crippen LogP contribution < -0.4 is 0 Å². The van der Waals surface area contributed by atoms with E-state index in [1.54, 1.807) is 0 Å². The number of benzene rings is 3. The van der Waals surface area contributed by atoms with Crippen LogP contribution in [-0.4, -0.2) is 5.78 Å². The predicted molar refractivity (Wildman–Crippen MR) is 121 cm³/mol. The molecule has 4 rings (SSSR count). The molecule has 144 valence electrons. The molecule has 0 saturated carbocycles. The van der Waals surface area contributed by atoms with Gasteiger partial charge in [-0.05, 0) is 55.4 Å². The van der Waals surface area contributed by atoms with Gasteiger partial charge in [-0.25, -0.2) is 0 Å². The SMILES string of the molecule is CC1=CC=C(c2ccc(Cc3ccc(C(=O)c4ccc(C)cc4)cc3)cc2)CC1. The summed E-state index contributed by atoms with van der Waals surface area (Å²) in [5.41, 5.74) is 9.33. The standard InChI is InChI=1S/C28H26O/c1-20-3-11-24(12-4-20)25-15-7-22(8-16-25)19-23-9-17-27(18-10-23)28(29)26-13-5-21(2)6-14-26/h3,5-11,13-18H,4,12,19H2,1-2H3. The summed E-state index contributed by atoms with van der Waals surface area (Å²) in [4.78, 5) is 12.6. The van der Waals surface area contributed by atoms with Gasteiger partial charge in [-0.2, -0.15) is 0 Å². The van der Waals surface area contributed by atoms with Crippen LogP contribution in [0.5, 0.6) is 0 Å². The van der Waals surface area contributed by atoms with Crippen LogP contribution in [0.3, 0.4) is 0 Å². The van der Waals surface area contributed by atoms with Crippen molar-refractivity contribution >= 4 is 11.4 Å². The molecule has 1 aliphatic carbocycles. The van der Waals surface area contributed by atoms with Crippen LogP contribution in [0.2, 0.25) is 0 Å². The molecule has 0 radical (unpaired) electrons. The number of rotatable bonds is 5. The van der Waals surface area contributed by atoms with E-state index in [-0.39, 0.29) is 5.78 Å². The van der Waals surface area contributed by atoms with Crippen molar-refractivity contribution in [3.63, 3.8) is 0 Å². The second-order valence-corrected chi connectivity index (χ2v) is 7.97. The Bertz CT molecular complexity index is 1060. The third-order valence-electron chi connectivity index (χ3n) is 5.62. The van der Waals surface area contributed by atoms with Crippen molar-refractivity contribution in [2.24, 2.45) is 0 Å². The summed E-state index contributed by atoms with van der Waals surface area (Å²) in [5.74, 6) is 0.0750. The van der Waals surface area contributed by atoms with Gasteiger partial charge in [-0.15, -0.1) is 0 Å². The van der Waals surface area contributed by atoms with Gasteiger partial charge in [0.05, 0.1) is 0 Å². The molecule has 1 aliphatic rings. The van der Waals surface area contributed by atoms with Crippen LogP contribution in [-0.2, 0) is 6.42 Å². The average molecular weight is 379 g/mol. The highest BCUT2D eigenvalue weighted by atomic mass is 16.1. The lowest BCUT2D eigenvalue weighted by molar-refractivity contribution is 0.103. The van der Waals surface area contributed by atoms with Crippen molar-refractivity contribution in [1.82, 2.24) is 0 Å². The summed E-state index contributed by atoms with van der Waals surface area (Å²) in [5, 5.41) is 0. The van der Waals surface area contributed by atoms with Gasteiger partial charge >= 0.3 is 0 Å². The maximum Gasteiger partial charge on any atom is 0.193 e. The van der Waals surface area contributed by atoms with E-state index in [1.807, 2.05) is 43.3 Å². The van der Waals surface area contributed by atoms with Crippen molar-refractivity contribution in [3.8, 4) is 0 Å². The highest BCUT2D eigenvalue weighted by Gasteiger charge is 2.09. The number of hydrogen-bond acceptors (Lipinski definition) is 1. The molecule has 0 aliphatic heterocycles. The van der Waals surface area contributed by atoms with Gasteiger partial charge in [-0.1, -0.05) is 96.1 Å². The number of aryl methyl sites for hydroxylation is 1. The smallest absolute Gasteiger partial charge is 0.193 e. The summed E-state index contributed by atoms with van der Waals surface area (Å²) in [6.45, 7) is 4.22. The van der Waals surface area contributed by atoms with Crippen LogP contribution in [0.4, 0.5) is 0 Å². The van der Waals surface area contributed by atoms with Crippen LogP contribution in [0.1, 0.15) is 57.9 Å². The maximum atomic E-state index is 12.6. The Kier molecular flexibility index (Phi) is 5.57. The van der Waals surface area contributed by atoms with Crippen molar-refractivity contribution in [3.05, 3.63) is 124 Å². The summed E-state index contributed by atoms with van der Waals surface area (Å²) in [6.07, 6.45) is 7.63. The molecule has 0 bridgehead atoms. The summed E-state index contributed by atoms with van der Waals surface area (Å²) in [6, 6.07) is 24.6. The van der Waals surface area contributed by atoms with Gasteiger partial charge in [0.15, 0.2) is 5.78 Å². The third-order valence-corrected chi connectivity index (χ3v) is 5.62. The maximum absolute atomic E-state index is 12.6. The molecule has 3 aromatic carbocycles. The van der Waals surface area contributed by atoms with E-state index in [0.29, 0.717) is 0 Å². The first-order valence-corrected chi connectivity index (χ1v) is 10.2. The lowest BCUT2D eigenvalue weighted by Crippen LogP contribution is -2.01. The Morgan fingerprint density at radius 2 is 1.24 bits per heavy atom. The van der Waals surface area contributed by atoms with Crippen LogP contribution >= 0.6 is 0 Å². The van der Waals surface area contributed by atoms with Crippen LogP contribution in [0.25, 0.3) is 5.57 Å². The van der Waals surface area contributed by atoms with E-state index in [1.165, 1.54) is 27.8 Å².